The molecule has 1 aromatic rings. The van der Waals surface area contributed by atoms with Crippen LogP contribution >= 0.6 is 0 Å². The summed E-state index contributed by atoms with van der Waals surface area (Å²) in [6.45, 7) is 2.18. The molecule has 3 N–H and O–H groups in total. The normalized spacial score (nSPS) is 15.9. The maximum Gasteiger partial charge on any atom is 0.122 e. The van der Waals surface area contributed by atoms with Crippen molar-refractivity contribution in [3.8, 4) is 0 Å². The lowest BCUT2D eigenvalue weighted by molar-refractivity contribution is 0.200. The minimum atomic E-state index is 0.138. The number of hydrogen-bond acceptors (Lipinski definition) is 2. The van der Waals surface area contributed by atoms with Crippen molar-refractivity contribution in [2.75, 3.05) is 13.6 Å². The van der Waals surface area contributed by atoms with Gasteiger partial charge in [0.15, 0.2) is 0 Å². The molecule has 3 nitrogen and oxygen atoms in total. The predicted octanol–water partition coefficient (Wildman–Crippen LogP) is 2.20. The summed E-state index contributed by atoms with van der Waals surface area (Å²) >= 11 is 0. The Kier molecular flexibility index (Phi) is 3.79. The molecule has 0 bridgehead atoms. The molecule has 2 rings (SSSR count). The second-order valence-electron chi connectivity index (χ2n) is 5.10. The molecule has 0 spiro atoms. The van der Waals surface area contributed by atoms with Crippen molar-refractivity contribution in [1.29, 1.82) is 5.41 Å². The number of hydrogen-bond donors (Lipinski definition) is 2. The number of rotatable bonds is 5. The minimum absolute atomic E-state index is 0.138. The van der Waals surface area contributed by atoms with Crippen LogP contribution in [0.2, 0.25) is 0 Å². The van der Waals surface area contributed by atoms with E-state index in [0.29, 0.717) is 0 Å². The van der Waals surface area contributed by atoms with Gasteiger partial charge in [0.25, 0.3) is 0 Å². The van der Waals surface area contributed by atoms with Crippen LogP contribution in [0.4, 0.5) is 0 Å². The second kappa shape index (κ2) is 5.32. The monoisotopic (exact) mass is 231 g/mol. The van der Waals surface area contributed by atoms with Gasteiger partial charge < -0.3 is 10.6 Å². The van der Waals surface area contributed by atoms with Crippen molar-refractivity contribution >= 4 is 5.84 Å². The fourth-order valence-corrected chi connectivity index (χ4v) is 2.28. The van der Waals surface area contributed by atoms with Crippen LogP contribution in [0, 0.1) is 11.3 Å². The van der Waals surface area contributed by atoms with Crippen LogP contribution in [-0.2, 0) is 6.54 Å². The van der Waals surface area contributed by atoms with Crippen molar-refractivity contribution in [3.63, 3.8) is 0 Å². The number of benzene rings is 1. The Labute approximate surface area is 103 Å². The zero-order valence-electron chi connectivity index (χ0n) is 10.4. The van der Waals surface area contributed by atoms with Gasteiger partial charge in [-0.25, -0.2) is 0 Å². The van der Waals surface area contributed by atoms with Crippen LogP contribution in [0.15, 0.2) is 24.3 Å². The fraction of sp³-hybridized carbons (Fsp3) is 0.500. The standard InChI is InChI=1S/C14H21N3/c1-17(9-11-3-2-4-11)10-12-5-7-13(8-6-12)14(15)16/h5-8,11H,2-4,9-10H2,1H3,(H3,15,16). The van der Waals surface area contributed by atoms with Gasteiger partial charge in [0, 0.05) is 18.7 Å². The van der Waals surface area contributed by atoms with Gasteiger partial charge in [-0.2, -0.15) is 0 Å². The van der Waals surface area contributed by atoms with Crippen LogP contribution in [-0.4, -0.2) is 24.3 Å². The summed E-state index contributed by atoms with van der Waals surface area (Å²) in [5, 5.41) is 7.34. The molecule has 3 heteroatoms. The highest BCUT2D eigenvalue weighted by Gasteiger charge is 2.18. The first-order chi connectivity index (χ1) is 8.15. The van der Waals surface area contributed by atoms with Crippen molar-refractivity contribution in [3.05, 3.63) is 35.4 Å². The van der Waals surface area contributed by atoms with Gasteiger partial charge in [0.05, 0.1) is 0 Å². The Morgan fingerprint density at radius 1 is 1.35 bits per heavy atom. The predicted molar refractivity (Wildman–Crippen MR) is 71.1 cm³/mol. The van der Waals surface area contributed by atoms with Gasteiger partial charge in [0.1, 0.15) is 5.84 Å². The average Bonchev–Trinajstić information content (AvgIpc) is 2.24. The molecule has 0 unspecified atom stereocenters. The summed E-state index contributed by atoms with van der Waals surface area (Å²) < 4.78 is 0. The van der Waals surface area contributed by atoms with Crippen molar-refractivity contribution in [1.82, 2.24) is 4.90 Å². The van der Waals surface area contributed by atoms with Gasteiger partial charge in [-0.3, -0.25) is 5.41 Å². The highest BCUT2D eigenvalue weighted by atomic mass is 15.1. The third kappa shape index (κ3) is 3.30. The second-order valence-corrected chi connectivity index (χ2v) is 5.10. The van der Waals surface area contributed by atoms with E-state index < -0.39 is 0 Å². The Hall–Kier alpha value is -1.35. The lowest BCUT2D eigenvalue weighted by Gasteiger charge is -2.30. The Morgan fingerprint density at radius 2 is 2.00 bits per heavy atom. The van der Waals surface area contributed by atoms with Crippen LogP contribution in [0.5, 0.6) is 0 Å². The smallest absolute Gasteiger partial charge is 0.122 e. The van der Waals surface area contributed by atoms with Crippen molar-refractivity contribution in [2.45, 2.75) is 25.8 Å². The van der Waals surface area contributed by atoms with E-state index in [1.165, 1.54) is 31.4 Å². The minimum Gasteiger partial charge on any atom is -0.384 e. The molecule has 0 amide bonds. The SMILES string of the molecule is CN(Cc1ccc(C(=N)N)cc1)CC1CCC1. The lowest BCUT2D eigenvalue weighted by atomic mass is 9.85. The summed E-state index contributed by atoms with van der Waals surface area (Å²) in [7, 11) is 2.18. The Morgan fingerprint density at radius 3 is 2.47 bits per heavy atom. The Balaban J connectivity index is 1.86. The number of nitrogens with two attached hydrogens (primary N) is 1. The largest absolute Gasteiger partial charge is 0.384 e. The molecular formula is C14H21N3. The third-order valence-corrected chi connectivity index (χ3v) is 3.51. The molecule has 1 aliphatic rings. The molecule has 17 heavy (non-hydrogen) atoms. The highest BCUT2D eigenvalue weighted by molar-refractivity contribution is 5.94. The van der Waals surface area contributed by atoms with E-state index in [0.717, 1.165) is 18.0 Å². The third-order valence-electron chi connectivity index (χ3n) is 3.51. The van der Waals surface area contributed by atoms with Crippen LogP contribution in [0.3, 0.4) is 0 Å². The maximum absolute atomic E-state index is 7.34. The molecule has 1 saturated carbocycles. The zero-order valence-corrected chi connectivity index (χ0v) is 10.4. The molecule has 1 fully saturated rings. The first-order valence-corrected chi connectivity index (χ1v) is 6.27. The summed E-state index contributed by atoms with van der Waals surface area (Å²) in [4.78, 5) is 2.38. The molecule has 1 aromatic carbocycles. The first-order valence-electron chi connectivity index (χ1n) is 6.27. The van der Waals surface area contributed by atoms with Gasteiger partial charge >= 0.3 is 0 Å². The summed E-state index contributed by atoms with van der Waals surface area (Å²) in [5.41, 5.74) is 7.52. The lowest BCUT2D eigenvalue weighted by Crippen LogP contribution is -2.29. The Bertz CT molecular complexity index is 379. The van der Waals surface area contributed by atoms with Crippen LogP contribution < -0.4 is 5.73 Å². The van der Waals surface area contributed by atoms with Crippen LogP contribution in [0.1, 0.15) is 30.4 Å². The molecule has 0 saturated heterocycles. The van der Waals surface area contributed by atoms with E-state index in [-0.39, 0.29) is 5.84 Å². The summed E-state index contributed by atoms with van der Waals surface area (Å²) in [5.74, 6) is 1.05. The number of nitrogens with one attached hydrogen (secondary N) is 1. The topological polar surface area (TPSA) is 53.1 Å². The van der Waals surface area contributed by atoms with Crippen molar-refractivity contribution < 1.29 is 0 Å². The molecule has 0 heterocycles. The zero-order chi connectivity index (χ0) is 12.3. The molecule has 0 aromatic heterocycles. The number of nitrogens with zero attached hydrogens (tertiary/aromatic N) is 1. The van der Waals surface area contributed by atoms with Crippen molar-refractivity contribution in [2.24, 2.45) is 11.7 Å². The van der Waals surface area contributed by atoms with Gasteiger partial charge in [-0.15, -0.1) is 0 Å². The van der Waals surface area contributed by atoms with Gasteiger partial charge in [-0.05, 0) is 31.4 Å². The fourth-order valence-electron chi connectivity index (χ4n) is 2.28. The maximum atomic E-state index is 7.34. The number of nitrogen functional groups attached to an aromatic ring is 1. The van der Waals surface area contributed by atoms with Gasteiger partial charge in [0.2, 0.25) is 0 Å². The highest BCUT2D eigenvalue weighted by Crippen LogP contribution is 2.27. The summed E-state index contributed by atoms with van der Waals surface area (Å²) in [6.07, 6.45) is 4.20. The number of amidine groups is 1. The molecule has 1 aliphatic carbocycles. The van der Waals surface area contributed by atoms with E-state index in [1.54, 1.807) is 0 Å². The average molecular weight is 231 g/mol. The van der Waals surface area contributed by atoms with Crippen LogP contribution in [0.25, 0.3) is 0 Å². The molecular weight excluding hydrogens is 210 g/mol. The quantitative estimate of drug-likeness (QED) is 0.603. The summed E-state index contributed by atoms with van der Waals surface area (Å²) in [6, 6.07) is 7.98. The molecule has 0 radical (unpaired) electrons. The molecule has 0 atom stereocenters. The van der Waals surface area contributed by atoms with E-state index in [9.17, 15) is 0 Å². The molecule has 0 aliphatic heterocycles. The first kappa shape index (κ1) is 12.1. The molecule has 92 valence electrons. The van der Waals surface area contributed by atoms with E-state index in [1.807, 2.05) is 12.1 Å². The van der Waals surface area contributed by atoms with E-state index in [2.05, 4.69) is 24.1 Å². The van der Waals surface area contributed by atoms with E-state index in [4.69, 9.17) is 11.1 Å². The van der Waals surface area contributed by atoms with Gasteiger partial charge in [-0.1, -0.05) is 30.7 Å². The van der Waals surface area contributed by atoms with E-state index >= 15 is 0 Å².